The van der Waals surface area contributed by atoms with Crippen molar-refractivity contribution in [2.45, 2.75) is 26.2 Å². The van der Waals surface area contributed by atoms with E-state index in [2.05, 4.69) is 10.6 Å². The molecule has 6 heteroatoms. The van der Waals surface area contributed by atoms with Crippen LogP contribution >= 0.6 is 0 Å². The van der Waals surface area contributed by atoms with Crippen LogP contribution in [0.5, 0.6) is 0 Å². The number of hydrogen-bond acceptors (Lipinski definition) is 6. The van der Waals surface area contributed by atoms with Crippen LogP contribution in [0.2, 0.25) is 0 Å². The monoisotopic (exact) mass is 411 g/mol. The minimum Gasteiger partial charge on any atom is -0.338 e. The fourth-order valence-corrected chi connectivity index (χ4v) is 4.23. The lowest BCUT2D eigenvalue weighted by atomic mass is 9.94. The molecular formula is C25H25N5O. The summed E-state index contributed by atoms with van der Waals surface area (Å²) in [6.07, 6.45) is 5.09. The number of rotatable bonds is 5. The molecule has 3 heterocycles. The number of piperidine rings is 1. The van der Waals surface area contributed by atoms with Gasteiger partial charge in [-0.25, -0.2) is 15.0 Å². The second-order valence-electron chi connectivity index (χ2n) is 8.19. The number of anilines is 2. The molecule has 1 saturated heterocycles. The van der Waals surface area contributed by atoms with E-state index in [9.17, 15) is 4.79 Å². The molecule has 6 nitrogen and oxygen atoms in total. The molecule has 156 valence electrons. The zero-order valence-corrected chi connectivity index (χ0v) is 17.6. The number of carbonyl (C=O) groups is 1. The molecule has 0 spiro atoms. The van der Waals surface area contributed by atoms with Crippen molar-refractivity contribution in [1.82, 2.24) is 20.3 Å². The lowest BCUT2D eigenvalue weighted by Gasteiger charge is -2.22. The smallest absolute Gasteiger partial charge is 0.159 e. The first kappa shape index (κ1) is 19.6. The predicted molar refractivity (Wildman–Crippen MR) is 124 cm³/mol. The molecule has 0 aliphatic carbocycles. The normalized spacial score (nSPS) is 14.7. The molecule has 0 amide bonds. The van der Waals surface area contributed by atoms with Gasteiger partial charge in [-0.05, 0) is 57.0 Å². The fraction of sp³-hybridized carbons (Fsp3) is 0.280. The highest BCUT2D eigenvalue weighted by Crippen LogP contribution is 2.31. The van der Waals surface area contributed by atoms with Crippen molar-refractivity contribution in [2.75, 3.05) is 18.4 Å². The molecule has 0 saturated carbocycles. The Morgan fingerprint density at radius 3 is 2.65 bits per heavy atom. The van der Waals surface area contributed by atoms with Crippen LogP contribution in [0.4, 0.5) is 11.5 Å². The summed E-state index contributed by atoms with van der Waals surface area (Å²) in [5, 5.41) is 8.73. The minimum atomic E-state index is 0.0231. The SMILES string of the molecule is CC(=O)c1ccc2c(c1)nc(Nc1ccccc1)c1nc(CC3CCNCC3)ncc12. The van der Waals surface area contributed by atoms with Gasteiger partial charge in [0.2, 0.25) is 0 Å². The third kappa shape index (κ3) is 4.11. The van der Waals surface area contributed by atoms with Crippen LogP contribution < -0.4 is 10.6 Å². The highest BCUT2D eigenvalue weighted by Gasteiger charge is 2.17. The molecule has 31 heavy (non-hydrogen) atoms. The van der Waals surface area contributed by atoms with Gasteiger partial charge < -0.3 is 10.6 Å². The van der Waals surface area contributed by atoms with Crippen molar-refractivity contribution in [3.05, 3.63) is 66.1 Å². The van der Waals surface area contributed by atoms with Gasteiger partial charge in [0.1, 0.15) is 11.3 Å². The Morgan fingerprint density at radius 2 is 1.87 bits per heavy atom. The first-order valence-corrected chi connectivity index (χ1v) is 10.8. The quantitative estimate of drug-likeness (QED) is 0.367. The zero-order chi connectivity index (χ0) is 21.2. The highest BCUT2D eigenvalue weighted by atomic mass is 16.1. The third-order valence-electron chi connectivity index (χ3n) is 5.96. The van der Waals surface area contributed by atoms with Crippen molar-refractivity contribution in [1.29, 1.82) is 0 Å². The van der Waals surface area contributed by atoms with Gasteiger partial charge >= 0.3 is 0 Å². The molecule has 0 atom stereocenters. The Hall–Kier alpha value is -3.38. The molecule has 1 fully saturated rings. The summed E-state index contributed by atoms with van der Waals surface area (Å²) >= 11 is 0. The maximum absolute atomic E-state index is 11.9. The molecular weight excluding hydrogens is 386 g/mol. The fourth-order valence-electron chi connectivity index (χ4n) is 4.23. The zero-order valence-electron chi connectivity index (χ0n) is 17.6. The summed E-state index contributed by atoms with van der Waals surface area (Å²) in [4.78, 5) is 26.4. The Labute approximate surface area is 181 Å². The maximum atomic E-state index is 11.9. The Kier molecular flexibility index (Phi) is 5.30. The average molecular weight is 412 g/mol. The van der Waals surface area contributed by atoms with E-state index in [0.717, 1.165) is 65.7 Å². The summed E-state index contributed by atoms with van der Waals surface area (Å²) in [6, 6.07) is 15.6. The van der Waals surface area contributed by atoms with Gasteiger partial charge in [0.05, 0.1) is 5.52 Å². The molecule has 0 radical (unpaired) electrons. The van der Waals surface area contributed by atoms with Gasteiger partial charge in [0.25, 0.3) is 0 Å². The van der Waals surface area contributed by atoms with E-state index in [-0.39, 0.29) is 5.78 Å². The molecule has 1 aliphatic rings. The van der Waals surface area contributed by atoms with Crippen molar-refractivity contribution < 1.29 is 4.79 Å². The molecule has 1 aliphatic heterocycles. The average Bonchev–Trinajstić information content (AvgIpc) is 2.80. The number of pyridine rings is 1. The molecule has 2 aromatic carbocycles. The van der Waals surface area contributed by atoms with E-state index < -0.39 is 0 Å². The van der Waals surface area contributed by atoms with Gasteiger partial charge in [0.15, 0.2) is 11.6 Å². The topological polar surface area (TPSA) is 79.8 Å². The number of fused-ring (bicyclic) bond motifs is 3. The standard InChI is InChI=1S/C25H25N5O/c1-16(31)18-7-8-20-21-15-27-23(13-17-9-11-26-12-10-17)30-24(21)25(29-22(20)14-18)28-19-5-3-2-4-6-19/h2-8,14-15,17,26H,9-13H2,1H3,(H,28,29). The van der Waals surface area contributed by atoms with E-state index in [1.54, 1.807) is 6.92 Å². The van der Waals surface area contributed by atoms with E-state index >= 15 is 0 Å². The van der Waals surface area contributed by atoms with Gasteiger partial charge in [-0.2, -0.15) is 0 Å². The second kappa shape index (κ2) is 8.40. The molecule has 2 aromatic heterocycles. The van der Waals surface area contributed by atoms with Crippen LogP contribution in [0.3, 0.4) is 0 Å². The number of benzene rings is 2. The number of Topliss-reactive ketones (excluding diaryl/α,β-unsaturated/α-hetero) is 1. The van der Waals surface area contributed by atoms with Crippen LogP contribution in [0.15, 0.2) is 54.7 Å². The molecule has 5 rings (SSSR count). The first-order valence-electron chi connectivity index (χ1n) is 10.8. The number of hydrogen-bond donors (Lipinski definition) is 2. The van der Waals surface area contributed by atoms with Gasteiger partial charge in [-0.3, -0.25) is 4.79 Å². The van der Waals surface area contributed by atoms with Gasteiger partial charge in [-0.15, -0.1) is 0 Å². The maximum Gasteiger partial charge on any atom is 0.159 e. The van der Waals surface area contributed by atoms with Gasteiger partial charge in [0, 0.05) is 34.6 Å². The number of nitrogens with zero attached hydrogens (tertiary/aromatic N) is 3. The summed E-state index contributed by atoms with van der Waals surface area (Å²) in [5.74, 6) is 2.17. The van der Waals surface area contributed by atoms with Crippen LogP contribution in [0.1, 0.15) is 35.9 Å². The molecule has 0 unspecified atom stereocenters. The van der Waals surface area contributed by atoms with Gasteiger partial charge in [-0.1, -0.05) is 30.3 Å². The number of nitrogens with one attached hydrogen (secondary N) is 2. The molecule has 2 N–H and O–H groups in total. The van der Waals surface area contributed by atoms with Crippen LogP contribution in [-0.4, -0.2) is 33.8 Å². The van der Waals surface area contributed by atoms with Crippen LogP contribution in [-0.2, 0) is 6.42 Å². The minimum absolute atomic E-state index is 0.0231. The lowest BCUT2D eigenvalue weighted by Crippen LogP contribution is -2.29. The van der Waals surface area contributed by atoms with Crippen molar-refractivity contribution in [3.8, 4) is 0 Å². The lowest BCUT2D eigenvalue weighted by molar-refractivity contribution is 0.101. The van der Waals surface area contributed by atoms with E-state index in [1.807, 2.05) is 54.7 Å². The third-order valence-corrected chi connectivity index (χ3v) is 5.96. The summed E-state index contributed by atoms with van der Waals surface area (Å²) in [6.45, 7) is 3.69. The molecule has 4 aromatic rings. The van der Waals surface area contributed by atoms with Crippen LogP contribution in [0.25, 0.3) is 21.8 Å². The second-order valence-corrected chi connectivity index (χ2v) is 8.19. The highest BCUT2D eigenvalue weighted by molar-refractivity contribution is 6.10. The first-order chi connectivity index (χ1) is 15.2. The molecule has 0 bridgehead atoms. The number of para-hydroxylation sites is 1. The number of carbonyl (C=O) groups excluding carboxylic acids is 1. The van der Waals surface area contributed by atoms with Crippen LogP contribution in [0, 0.1) is 5.92 Å². The number of aromatic nitrogens is 3. The number of ketones is 1. The van der Waals surface area contributed by atoms with Crippen molar-refractivity contribution >= 4 is 39.1 Å². The van der Waals surface area contributed by atoms with Crippen molar-refractivity contribution in [2.24, 2.45) is 5.92 Å². The Bertz CT molecular complexity index is 1250. The summed E-state index contributed by atoms with van der Waals surface area (Å²) in [7, 11) is 0. The van der Waals surface area contributed by atoms with Crippen molar-refractivity contribution in [3.63, 3.8) is 0 Å². The van der Waals surface area contributed by atoms with E-state index in [4.69, 9.17) is 15.0 Å². The summed E-state index contributed by atoms with van der Waals surface area (Å²) < 4.78 is 0. The summed E-state index contributed by atoms with van der Waals surface area (Å²) in [5.41, 5.74) is 3.16. The Morgan fingerprint density at radius 1 is 1.06 bits per heavy atom. The van der Waals surface area contributed by atoms with E-state index in [0.29, 0.717) is 17.3 Å². The Balaban J connectivity index is 1.63. The predicted octanol–water partition coefficient (Wildman–Crippen LogP) is 4.67. The van der Waals surface area contributed by atoms with E-state index in [1.165, 1.54) is 0 Å². The largest absolute Gasteiger partial charge is 0.338 e.